The molecule has 0 saturated heterocycles. The first-order valence-corrected chi connectivity index (χ1v) is 12.3. The number of fused-ring (bicyclic) bond motifs is 1. The van der Waals surface area contributed by atoms with Crippen LogP contribution >= 0.6 is 0 Å². The number of rotatable bonds is 7. The monoisotopic (exact) mass is 487 g/mol. The van der Waals surface area contributed by atoms with Crippen molar-refractivity contribution in [3.8, 4) is 11.5 Å². The minimum absolute atomic E-state index is 0.0615. The fraction of sp³-hybridized carbons (Fsp3) is 0.310. The molecule has 0 bridgehead atoms. The van der Waals surface area contributed by atoms with Crippen LogP contribution in [-0.4, -0.2) is 30.1 Å². The van der Waals surface area contributed by atoms with E-state index in [1.165, 1.54) is 5.56 Å². The minimum atomic E-state index is -0.562. The molecule has 4 rings (SSSR count). The van der Waals surface area contributed by atoms with E-state index in [-0.39, 0.29) is 11.9 Å². The minimum Gasteiger partial charge on any atom is -0.497 e. The zero-order valence-electron chi connectivity index (χ0n) is 21.2. The van der Waals surface area contributed by atoms with Gasteiger partial charge in [0, 0.05) is 30.0 Å². The normalized spacial score (nSPS) is 15.1. The number of anilines is 2. The zero-order chi connectivity index (χ0) is 25.7. The summed E-state index contributed by atoms with van der Waals surface area (Å²) in [6, 6.07) is 20.6. The van der Waals surface area contributed by atoms with Crippen molar-refractivity contribution in [1.29, 1.82) is 0 Å². The second kappa shape index (κ2) is 11.2. The first-order valence-electron chi connectivity index (χ1n) is 12.3. The van der Waals surface area contributed by atoms with Crippen molar-refractivity contribution in [2.45, 2.75) is 52.3 Å². The lowest BCUT2D eigenvalue weighted by molar-refractivity contribution is -0.139. The lowest BCUT2D eigenvalue weighted by atomic mass is 10.0. The highest BCUT2D eigenvalue weighted by Crippen LogP contribution is 2.30. The van der Waals surface area contributed by atoms with Gasteiger partial charge in [0.25, 0.3) is 5.91 Å². The van der Waals surface area contributed by atoms with Gasteiger partial charge in [-0.15, -0.1) is 0 Å². The summed E-state index contributed by atoms with van der Waals surface area (Å²) in [5.74, 6) is 1.76. The van der Waals surface area contributed by atoms with Gasteiger partial charge in [-0.1, -0.05) is 45.0 Å². The Bertz CT molecular complexity index is 1220. The standard InChI is InChI=1S/C29H33N3O4/c1-5-26-28(33)32(17-20-7-6-8-25(15-20)35-4)18-22-16-24(13-14-27(22)36-26)31-29(34)30-23-11-9-21(10-12-23)19(2)3/h6-16,19,26H,5,17-18H2,1-4H3,(H2,30,31,34). The molecule has 2 N–H and O–H groups in total. The molecule has 0 spiro atoms. The van der Waals surface area contributed by atoms with Crippen LogP contribution in [0.1, 0.15) is 49.8 Å². The van der Waals surface area contributed by atoms with Gasteiger partial charge in [0.05, 0.1) is 7.11 Å². The van der Waals surface area contributed by atoms with Gasteiger partial charge in [-0.3, -0.25) is 4.79 Å². The van der Waals surface area contributed by atoms with E-state index in [0.29, 0.717) is 36.9 Å². The second-order valence-electron chi connectivity index (χ2n) is 9.24. The van der Waals surface area contributed by atoms with Gasteiger partial charge in [0.2, 0.25) is 0 Å². The Labute approximate surface area is 212 Å². The molecule has 0 radical (unpaired) electrons. The number of nitrogens with zero attached hydrogens (tertiary/aromatic N) is 1. The zero-order valence-corrected chi connectivity index (χ0v) is 21.2. The van der Waals surface area contributed by atoms with Crippen LogP contribution < -0.4 is 20.1 Å². The Morgan fingerprint density at radius 1 is 1.06 bits per heavy atom. The molecule has 1 unspecified atom stereocenters. The molecule has 7 nitrogen and oxygen atoms in total. The average molecular weight is 488 g/mol. The van der Waals surface area contributed by atoms with Crippen LogP contribution in [0.2, 0.25) is 0 Å². The van der Waals surface area contributed by atoms with Crippen LogP contribution in [0.15, 0.2) is 66.7 Å². The largest absolute Gasteiger partial charge is 0.497 e. The number of methoxy groups -OCH3 is 1. The topological polar surface area (TPSA) is 79.9 Å². The predicted molar refractivity (Wildman–Crippen MR) is 142 cm³/mol. The van der Waals surface area contributed by atoms with Crippen LogP contribution in [-0.2, 0) is 17.9 Å². The number of ether oxygens (including phenoxy) is 2. The van der Waals surface area contributed by atoms with E-state index in [9.17, 15) is 9.59 Å². The number of carbonyl (C=O) groups excluding carboxylic acids is 2. The van der Waals surface area contributed by atoms with Gasteiger partial charge in [0.15, 0.2) is 6.10 Å². The van der Waals surface area contributed by atoms with Gasteiger partial charge >= 0.3 is 6.03 Å². The number of hydrogen-bond donors (Lipinski definition) is 2. The third kappa shape index (κ3) is 5.97. The summed E-state index contributed by atoms with van der Waals surface area (Å²) in [5.41, 5.74) is 4.36. The molecule has 3 amide bonds. The van der Waals surface area contributed by atoms with Crippen molar-refractivity contribution >= 4 is 23.3 Å². The van der Waals surface area contributed by atoms with Crippen molar-refractivity contribution in [2.75, 3.05) is 17.7 Å². The third-order valence-electron chi connectivity index (χ3n) is 6.25. The highest BCUT2D eigenvalue weighted by Gasteiger charge is 2.30. The number of benzene rings is 3. The van der Waals surface area contributed by atoms with Crippen molar-refractivity contribution in [2.24, 2.45) is 0 Å². The highest BCUT2D eigenvalue weighted by atomic mass is 16.5. The Morgan fingerprint density at radius 2 is 1.78 bits per heavy atom. The SMILES string of the molecule is CCC1Oc2ccc(NC(=O)Nc3ccc(C(C)C)cc3)cc2CN(Cc2cccc(OC)c2)C1=O. The van der Waals surface area contributed by atoms with E-state index in [0.717, 1.165) is 22.6 Å². The first kappa shape index (κ1) is 25.1. The quantitative estimate of drug-likeness (QED) is 0.418. The second-order valence-corrected chi connectivity index (χ2v) is 9.24. The maximum absolute atomic E-state index is 13.2. The highest BCUT2D eigenvalue weighted by molar-refractivity contribution is 5.99. The molecule has 1 aliphatic rings. The van der Waals surface area contributed by atoms with Crippen LogP contribution in [0.5, 0.6) is 11.5 Å². The average Bonchev–Trinajstić information content (AvgIpc) is 3.00. The maximum Gasteiger partial charge on any atom is 0.323 e. The van der Waals surface area contributed by atoms with E-state index < -0.39 is 6.10 Å². The molecule has 3 aromatic carbocycles. The molecule has 0 aliphatic carbocycles. The first-order chi connectivity index (χ1) is 17.4. The van der Waals surface area contributed by atoms with Crippen molar-refractivity contribution < 1.29 is 19.1 Å². The van der Waals surface area contributed by atoms with E-state index >= 15 is 0 Å². The number of hydrogen-bond acceptors (Lipinski definition) is 4. The number of carbonyl (C=O) groups is 2. The van der Waals surface area contributed by atoms with Gasteiger partial charge in [-0.05, 0) is 65.9 Å². The van der Waals surface area contributed by atoms with Gasteiger partial charge < -0.3 is 25.0 Å². The van der Waals surface area contributed by atoms with Crippen molar-refractivity contribution in [1.82, 2.24) is 4.90 Å². The molecular formula is C29H33N3O4. The summed E-state index contributed by atoms with van der Waals surface area (Å²) >= 11 is 0. The number of urea groups is 1. The van der Waals surface area contributed by atoms with E-state index in [1.807, 2.05) is 67.6 Å². The molecule has 1 aliphatic heterocycles. The fourth-order valence-electron chi connectivity index (χ4n) is 4.21. The summed E-state index contributed by atoms with van der Waals surface area (Å²) in [7, 11) is 1.62. The molecule has 7 heteroatoms. The van der Waals surface area contributed by atoms with Gasteiger partial charge in [-0.25, -0.2) is 4.79 Å². The lowest BCUT2D eigenvalue weighted by Gasteiger charge is -2.23. The van der Waals surface area contributed by atoms with Gasteiger partial charge in [-0.2, -0.15) is 0 Å². The van der Waals surface area contributed by atoms with Crippen LogP contribution in [0.25, 0.3) is 0 Å². The summed E-state index contributed by atoms with van der Waals surface area (Å²) in [6.45, 7) is 7.00. The lowest BCUT2D eigenvalue weighted by Crippen LogP contribution is -2.38. The molecule has 1 heterocycles. The fourth-order valence-corrected chi connectivity index (χ4v) is 4.21. The molecule has 36 heavy (non-hydrogen) atoms. The molecule has 188 valence electrons. The van der Waals surface area contributed by atoms with Crippen LogP contribution in [0, 0.1) is 0 Å². The summed E-state index contributed by atoms with van der Waals surface area (Å²) in [4.78, 5) is 27.6. The van der Waals surface area contributed by atoms with E-state index in [4.69, 9.17) is 9.47 Å². The molecule has 0 aromatic heterocycles. The van der Waals surface area contributed by atoms with Crippen molar-refractivity contribution in [3.63, 3.8) is 0 Å². The Balaban J connectivity index is 1.50. The molecule has 3 aromatic rings. The maximum atomic E-state index is 13.2. The van der Waals surface area contributed by atoms with Crippen LogP contribution in [0.4, 0.5) is 16.2 Å². The number of amides is 3. The molecule has 1 atom stereocenters. The summed E-state index contributed by atoms with van der Waals surface area (Å²) < 4.78 is 11.4. The van der Waals surface area contributed by atoms with Gasteiger partial charge in [0.1, 0.15) is 11.5 Å². The number of nitrogens with one attached hydrogen (secondary N) is 2. The Morgan fingerprint density at radius 3 is 2.47 bits per heavy atom. The van der Waals surface area contributed by atoms with E-state index in [1.54, 1.807) is 18.1 Å². The molecular weight excluding hydrogens is 454 g/mol. The summed E-state index contributed by atoms with van der Waals surface area (Å²) in [5, 5.41) is 5.76. The third-order valence-corrected chi connectivity index (χ3v) is 6.25. The van der Waals surface area contributed by atoms with Crippen molar-refractivity contribution in [3.05, 3.63) is 83.4 Å². The molecule has 0 saturated carbocycles. The summed E-state index contributed by atoms with van der Waals surface area (Å²) in [6.07, 6.45) is -0.00184. The smallest absolute Gasteiger partial charge is 0.323 e. The van der Waals surface area contributed by atoms with Crippen LogP contribution in [0.3, 0.4) is 0 Å². The Kier molecular flexibility index (Phi) is 7.78. The Hall–Kier alpha value is -4.00. The predicted octanol–water partition coefficient (Wildman–Crippen LogP) is 6.16. The molecule has 0 fully saturated rings. The van der Waals surface area contributed by atoms with E-state index in [2.05, 4.69) is 24.5 Å².